The molecule has 3 rings (SSSR count). The Morgan fingerprint density at radius 3 is 2.12 bits per heavy atom. The standard InChI is InChI=1S/C32H49ClN8O10Si/c1-14-46-26(43)21(17(2)42)47-15-18-19(38-39-34)22(51-52(12,13)32(9,10)11)25(48-18)40-16-35-20-23(40)36-27(33)37-24(20)41(28(44)49-30(3,4)5)29(45)50-31(6,7)8/h16,18-19,21-22,25H,14-15H2,1-13H3/t18-,19-,21?,22-,25-/m1/s1. The first-order valence-electron chi connectivity index (χ1n) is 16.6. The molecule has 20 heteroatoms. The number of esters is 1. The molecule has 288 valence electrons. The maximum Gasteiger partial charge on any atom is 0.425 e. The fraction of sp³-hybridized carbons (Fsp3) is 0.719. The zero-order valence-electron chi connectivity index (χ0n) is 31.9. The number of imidazole rings is 1. The number of Topliss-reactive ketones (excluding diaryl/α,β-unsaturated/α-hetero) is 1. The minimum atomic E-state index is -2.65. The van der Waals surface area contributed by atoms with E-state index in [1.165, 1.54) is 17.8 Å². The number of hydrogen-bond acceptors (Lipinski definition) is 14. The van der Waals surface area contributed by atoms with E-state index in [2.05, 4.69) is 25.0 Å². The number of nitrogens with zero attached hydrogens (tertiary/aromatic N) is 8. The highest BCUT2D eigenvalue weighted by Crippen LogP contribution is 2.44. The van der Waals surface area contributed by atoms with E-state index in [0.717, 1.165) is 0 Å². The van der Waals surface area contributed by atoms with Gasteiger partial charge in [0.25, 0.3) is 0 Å². The van der Waals surface area contributed by atoms with Crippen LogP contribution in [0, 0.1) is 0 Å². The number of amides is 2. The fourth-order valence-electron chi connectivity index (χ4n) is 4.76. The molecule has 0 aromatic carbocycles. The van der Waals surface area contributed by atoms with Crippen molar-refractivity contribution in [3.05, 3.63) is 22.1 Å². The Labute approximate surface area is 308 Å². The van der Waals surface area contributed by atoms with Gasteiger partial charge in [0.15, 0.2) is 37.3 Å². The van der Waals surface area contributed by atoms with Gasteiger partial charge in [-0.15, -0.1) is 0 Å². The lowest BCUT2D eigenvalue weighted by atomic mass is 10.1. The number of azide groups is 1. The summed E-state index contributed by atoms with van der Waals surface area (Å²) in [5.41, 5.74) is 7.59. The topological polar surface area (TPSA) is 219 Å². The first-order chi connectivity index (χ1) is 23.8. The van der Waals surface area contributed by atoms with E-state index in [-0.39, 0.29) is 40.5 Å². The average Bonchev–Trinajstić information content (AvgIpc) is 3.51. The SMILES string of the molecule is CCOC(=O)C(OC[C@H]1O[C@@H](n2cnc3c(N(C(=O)OC(C)(C)C)C(=O)OC(C)(C)C)nc(Cl)nc32)[C@H](O[Si](C)(C)C(C)(C)C)[C@@H]1N=[N+]=[N-])C(C)=O. The third-order valence-corrected chi connectivity index (χ3v) is 12.7. The molecule has 2 aromatic rings. The summed E-state index contributed by atoms with van der Waals surface area (Å²) < 4.78 is 36.5. The van der Waals surface area contributed by atoms with Crippen LogP contribution in [-0.2, 0) is 37.7 Å². The van der Waals surface area contributed by atoms with Crippen molar-refractivity contribution in [3.8, 4) is 0 Å². The number of imide groups is 1. The third kappa shape index (κ3) is 10.2. The molecular weight excluding hydrogens is 720 g/mol. The largest absolute Gasteiger partial charge is 0.464 e. The minimum Gasteiger partial charge on any atom is -0.464 e. The van der Waals surface area contributed by atoms with Crippen LogP contribution in [-0.4, -0.2) is 101 Å². The number of anilines is 1. The van der Waals surface area contributed by atoms with Gasteiger partial charge in [-0.25, -0.2) is 19.4 Å². The first-order valence-corrected chi connectivity index (χ1v) is 19.9. The van der Waals surface area contributed by atoms with E-state index in [0.29, 0.717) is 4.90 Å². The van der Waals surface area contributed by atoms with Gasteiger partial charge in [0, 0.05) is 4.91 Å². The summed E-state index contributed by atoms with van der Waals surface area (Å²) in [6.07, 6.45) is -5.62. The molecule has 2 amide bonds. The summed E-state index contributed by atoms with van der Waals surface area (Å²) in [6.45, 7) is 22.3. The van der Waals surface area contributed by atoms with Gasteiger partial charge in [0.05, 0.1) is 31.7 Å². The summed E-state index contributed by atoms with van der Waals surface area (Å²) in [4.78, 5) is 68.5. The molecule has 1 aliphatic rings. The molecule has 1 saturated heterocycles. The summed E-state index contributed by atoms with van der Waals surface area (Å²) in [7, 11) is -2.65. The zero-order valence-corrected chi connectivity index (χ0v) is 33.7. The highest BCUT2D eigenvalue weighted by Gasteiger charge is 2.52. The Balaban J connectivity index is 2.23. The van der Waals surface area contributed by atoms with Gasteiger partial charge < -0.3 is 28.1 Å². The summed E-state index contributed by atoms with van der Waals surface area (Å²) >= 11 is 6.44. The van der Waals surface area contributed by atoms with E-state index in [1.54, 1.807) is 48.5 Å². The predicted molar refractivity (Wildman–Crippen MR) is 191 cm³/mol. The van der Waals surface area contributed by atoms with Gasteiger partial charge in [-0.2, -0.15) is 14.9 Å². The van der Waals surface area contributed by atoms with E-state index in [4.69, 9.17) is 39.7 Å². The van der Waals surface area contributed by atoms with Crippen molar-refractivity contribution in [2.24, 2.45) is 5.11 Å². The van der Waals surface area contributed by atoms with E-state index < -0.39 is 74.0 Å². The smallest absolute Gasteiger partial charge is 0.425 e. The summed E-state index contributed by atoms with van der Waals surface area (Å²) in [5.74, 6) is -1.80. The lowest BCUT2D eigenvalue weighted by molar-refractivity contribution is -0.163. The maximum atomic E-state index is 13.5. The summed E-state index contributed by atoms with van der Waals surface area (Å²) in [6, 6.07) is -1.05. The predicted octanol–water partition coefficient (Wildman–Crippen LogP) is 6.66. The van der Waals surface area contributed by atoms with Crippen LogP contribution in [0.5, 0.6) is 0 Å². The Morgan fingerprint density at radius 1 is 1.06 bits per heavy atom. The molecule has 5 atom stereocenters. The van der Waals surface area contributed by atoms with Crippen molar-refractivity contribution in [2.75, 3.05) is 18.1 Å². The van der Waals surface area contributed by atoms with Gasteiger partial charge in [0.2, 0.25) is 11.4 Å². The quantitative estimate of drug-likeness (QED) is 0.0342. The molecule has 2 aromatic heterocycles. The van der Waals surface area contributed by atoms with Crippen LogP contribution in [0.25, 0.3) is 21.6 Å². The Bertz CT molecular complexity index is 1680. The summed E-state index contributed by atoms with van der Waals surface area (Å²) in [5, 5.41) is 3.34. The second-order valence-corrected chi connectivity index (χ2v) is 20.7. The number of carbonyl (C=O) groups is 4. The normalized spacial score (nSPS) is 20.2. The number of halogens is 1. The second-order valence-electron chi connectivity index (χ2n) is 15.6. The number of carbonyl (C=O) groups excluding carboxylic acids is 4. The van der Waals surface area contributed by atoms with Gasteiger partial charge in [0.1, 0.15) is 17.3 Å². The highest BCUT2D eigenvalue weighted by molar-refractivity contribution is 6.74. The van der Waals surface area contributed by atoms with Crippen molar-refractivity contribution in [1.29, 1.82) is 0 Å². The van der Waals surface area contributed by atoms with Gasteiger partial charge in [-0.1, -0.05) is 25.9 Å². The Hall–Kier alpha value is -3.87. The van der Waals surface area contributed by atoms with Gasteiger partial charge in [-0.05, 0) is 90.7 Å². The number of rotatable bonds is 11. The molecule has 1 aliphatic heterocycles. The molecule has 0 spiro atoms. The first kappa shape index (κ1) is 42.5. The van der Waals surface area contributed by atoms with Gasteiger partial charge >= 0.3 is 18.2 Å². The van der Waals surface area contributed by atoms with Crippen molar-refractivity contribution < 1.29 is 47.3 Å². The molecule has 0 aliphatic carbocycles. The number of ketones is 1. The Kier molecular flexibility index (Phi) is 13.1. The van der Waals surface area contributed by atoms with Crippen LogP contribution in [0.1, 0.15) is 82.4 Å². The maximum absolute atomic E-state index is 13.5. The lowest BCUT2D eigenvalue weighted by Gasteiger charge is -2.40. The van der Waals surface area contributed by atoms with E-state index in [1.807, 2.05) is 33.9 Å². The fourth-order valence-corrected chi connectivity index (χ4v) is 6.21. The van der Waals surface area contributed by atoms with Crippen LogP contribution in [0.4, 0.5) is 15.4 Å². The lowest BCUT2D eigenvalue weighted by Crippen LogP contribution is -2.48. The minimum absolute atomic E-state index is 0.00957. The molecule has 18 nitrogen and oxygen atoms in total. The van der Waals surface area contributed by atoms with Crippen molar-refractivity contribution in [1.82, 2.24) is 19.5 Å². The molecule has 1 fully saturated rings. The molecule has 1 unspecified atom stereocenters. The van der Waals surface area contributed by atoms with Crippen LogP contribution in [0.15, 0.2) is 11.4 Å². The molecule has 0 saturated carbocycles. The molecule has 0 bridgehead atoms. The zero-order chi connectivity index (χ0) is 39.6. The van der Waals surface area contributed by atoms with Crippen molar-refractivity contribution in [3.63, 3.8) is 0 Å². The van der Waals surface area contributed by atoms with Crippen molar-refractivity contribution in [2.45, 2.75) is 136 Å². The highest BCUT2D eigenvalue weighted by atomic mass is 35.5. The van der Waals surface area contributed by atoms with E-state index in [9.17, 15) is 24.7 Å². The number of aromatic nitrogens is 4. The number of fused-ring (bicyclic) bond motifs is 1. The number of ether oxygens (including phenoxy) is 5. The molecule has 52 heavy (non-hydrogen) atoms. The average molecular weight is 769 g/mol. The van der Waals surface area contributed by atoms with E-state index >= 15 is 0 Å². The molecule has 0 radical (unpaired) electrons. The molecule has 0 N–H and O–H groups in total. The second kappa shape index (κ2) is 16.0. The third-order valence-electron chi connectivity index (χ3n) is 8.05. The van der Waals surface area contributed by atoms with Crippen LogP contribution < -0.4 is 4.90 Å². The van der Waals surface area contributed by atoms with Crippen molar-refractivity contribution >= 4 is 60.8 Å². The number of hydrogen-bond donors (Lipinski definition) is 0. The van der Waals surface area contributed by atoms with Crippen LogP contribution in [0.3, 0.4) is 0 Å². The van der Waals surface area contributed by atoms with Crippen LogP contribution in [0.2, 0.25) is 23.4 Å². The molecule has 3 heterocycles. The Morgan fingerprint density at radius 2 is 1.63 bits per heavy atom. The molecular formula is C32H49ClN8O10Si. The van der Waals surface area contributed by atoms with Crippen LogP contribution >= 0.6 is 11.6 Å². The monoisotopic (exact) mass is 768 g/mol. The van der Waals surface area contributed by atoms with Gasteiger partial charge in [-0.3, -0.25) is 9.36 Å².